The van der Waals surface area contributed by atoms with Crippen LogP contribution in [0.2, 0.25) is 0 Å². The van der Waals surface area contributed by atoms with Crippen LogP contribution in [0.5, 0.6) is 11.5 Å². The summed E-state index contributed by atoms with van der Waals surface area (Å²) in [5.74, 6) is 0.350. The van der Waals surface area contributed by atoms with E-state index < -0.39 is 6.10 Å². The molecule has 0 spiro atoms. The number of carbonyl (C=O) groups excluding carboxylic acids is 1. The van der Waals surface area contributed by atoms with E-state index in [0.717, 1.165) is 5.57 Å². The largest absolute Gasteiger partial charge is 0.496 e. The van der Waals surface area contributed by atoms with Crippen LogP contribution in [0, 0.1) is 0 Å². The maximum absolute atomic E-state index is 12.1. The van der Waals surface area contributed by atoms with Gasteiger partial charge in [-0.25, -0.2) is 0 Å². The van der Waals surface area contributed by atoms with Crippen molar-refractivity contribution in [3.05, 3.63) is 46.6 Å². The number of rotatable bonds is 7. The molecule has 1 aromatic rings. The molecule has 0 bridgehead atoms. The molecule has 0 heterocycles. The second-order valence-electron chi connectivity index (χ2n) is 6.60. The van der Waals surface area contributed by atoms with Gasteiger partial charge in [-0.15, -0.1) is 0 Å². The average molecular weight is 402 g/mol. The Balaban J connectivity index is 2.80. The number of oxime groups is 2. The van der Waals surface area contributed by atoms with Crippen LogP contribution in [-0.2, 0) is 9.53 Å². The van der Waals surface area contributed by atoms with Gasteiger partial charge in [-0.2, -0.15) is 0 Å². The van der Waals surface area contributed by atoms with Gasteiger partial charge < -0.3 is 24.6 Å². The van der Waals surface area contributed by atoms with Crippen molar-refractivity contribution in [1.29, 1.82) is 0 Å². The van der Waals surface area contributed by atoms with E-state index in [0.29, 0.717) is 34.6 Å². The van der Waals surface area contributed by atoms with E-state index in [4.69, 9.17) is 14.2 Å². The smallest absolute Gasteiger partial charge is 0.306 e. The van der Waals surface area contributed by atoms with Gasteiger partial charge in [0.15, 0.2) is 0 Å². The van der Waals surface area contributed by atoms with Crippen molar-refractivity contribution >= 4 is 17.4 Å². The zero-order valence-electron chi connectivity index (χ0n) is 17.2. The predicted octanol–water partition coefficient (Wildman–Crippen LogP) is 3.98. The van der Waals surface area contributed by atoms with E-state index in [9.17, 15) is 15.2 Å². The maximum Gasteiger partial charge on any atom is 0.306 e. The second kappa shape index (κ2) is 9.77. The Morgan fingerprint density at radius 3 is 2.21 bits per heavy atom. The second-order valence-corrected chi connectivity index (χ2v) is 6.60. The first-order chi connectivity index (χ1) is 13.9. The Labute approximate surface area is 169 Å². The van der Waals surface area contributed by atoms with Crippen LogP contribution in [0.25, 0.3) is 0 Å². The zero-order valence-corrected chi connectivity index (χ0v) is 17.2. The summed E-state index contributed by atoms with van der Waals surface area (Å²) < 4.78 is 16.8. The van der Waals surface area contributed by atoms with Gasteiger partial charge in [0.2, 0.25) is 0 Å². The van der Waals surface area contributed by atoms with Crippen LogP contribution >= 0.6 is 0 Å². The fraction of sp³-hybridized carbons (Fsp3) is 0.381. The summed E-state index contributed by atoms with van der Waals surface area (Å²) in [5.41, 5.74) is 2.84. The van der Waals surface area contributed by atoms with E-state index in [1.54, 1.807) is 13.0 Å². The van der Waals surface area contributed by atoms with Crippen molar-refractivity contribution in [2.24, 2.45) is 10.3 Å². The van der Waals surface area contributed by atoms with Crippen molar-refractivity contribution in [2.45, 2.75) is 39.7 Å². The van der Waals surface area contributed by atoms with Gasteiger partial charge in [0.1, 0.15) is 29.0 Å². The molecule has 8 nitrogen and oxygen atoms in total. The lowest BCUT2D eigenvalue weighted by Crippen LogP contribution is -2.19. The fourth-order valence-corrected chi connectivity index (χ4v) is 3.09. The van der Waals surface area contributed by atoms with E-state index in [2.05, 4.69) is 10.3 Å². The van der Waals surface area contributed by atoms with Gasteiger partial charge in [-0.1, -0.05) is 28.9 Å². The molecule has 1 atom stereocenters. The highest BCUT2D eigenvalue weighted by Crippen LogP contribution is 2.42. The van der Waals surface area contributed by atoms with Gasteiger partial charge in [-0.3, -0.25) is 4.79 Å². The molecule has 8 heteroatoms. The molecule has 0 saturated heterocycles. The molecule has 1 aliphatic rings. The third-order valence-corrected chi connectivity index (χ3v) is 4.47. The molecule has 0 aromatic heterocycles. The summed E-state index contributed by atoms with van der Waals surface area (Å²) in [6, 6.07) is 1.68. The van der Waals surface area contributed by atoms with Crippen LogP contribution in [-0.4, -0.2) is 42.0 Å². The SMILES string of the molecule is CCC(=O)O[C@H](CC=C(C)C)c1cc(OC)c2c(c1OC)/C(=N/O)C=C/C2=N\O. The molecular formula is C21H26N2O6. The number of carbonyl (C=O) groups is 1. The molecule has 0 fully saturated rings. The Bertz CT molecular complexity index is 895. The van der Waals surface area contributed by atoms with Crippen molar-refractivity contribution < 1.29 is 29.4 Å². The summed E-state index contributed by atoms with van der Waals surface area (Å²) in [6.45, 7) is 5.62. The summed E-state index contributed by atoms with van der Waals surface area (Å²) in [4.78, 5) is 12.1. The summed E-state index contributed by atoms with van der Waals surface area (Å²) >= 11 is 0. The molecule has 29 heavy (non-hydrogen) atoms. The predicted molar refractivity (Wildman–Crippen MR) is 109 cm³/mol. The summed E-state index contributed by atoms with van der Waals surface area (Å²) in [5, 5.41) is 25.6. The first-order valence-corrected chi connectivity index (χ1v) is 9.16. The van der Waals surface area contributed by atoms with Gasteiger partial charge in [0.05, 0.1) is 25.3 Å². The standard InChI is InChI=1S/C21H26N2O6/c1-6-18(24)29-16(10-7-12(2)3)13-11-17(27-4)19-14(22-25)8-9-15(23-26)20(19)21(13)28-5/h7-9,11,16,25-26H,6,10H2,1-5H3/b22-14+,23-15+/t16-/m1/s1. The first-order valence-electron chi connectivity index (χ1n) is 9.16. The molecule has 2 N–H and O–H groups in total. The Morgan fingerprint density at radius 2 is 1.72 bits per heavy atom. The van der Waals surface area contributed by atoms with E-state index >= 15 is 0 Å². The van der Waals surface area contributed by atoms with Gasteiger partial charge in [0, 0.05) is 18.4 Å². The summed E-state index contributed by atoms with van der Waals surface area (Å²) in [6.07, 6.45) is 4.95. The molecule has 2 rings (SSSR count). The van der Waals surface area contributed by atoms with Gasteiger partial charge >= 0.3 is 5.97 Å². The molecule has 0 unspecified atom stereocenters. The minimum Gasteiger partial charge on any atom is -0.496 e. The van der Waals surface area contributed by atoms with Crippen LogP contribution in [0.3, 0.4) is 0 Å². The minimum absolute atomic E-state index is 0.201. The van der Waals surface area contributed by atoms with E-state index in [-0.39, 0.29) is 23.8 Å². The van der Waals surface area contributed by atoms with Crippen LogP contribution in [0.1, 0.15) is 56.4 Å². The number of methoxy groups -OCH3 is 2. The monoisotopic (exact) mass is 402 g/mol. The third-order valence-electron chi connectivity index (χ3n) is 4.47. The van der Waals surface area contributed by atoms with Crippen molar-refractivity contribution in [2.75, 3.05) is 14.2 Å². The topological polar surface area (TPSA) is 110 Å². The fourth-order valence-electron chi connectivity index (χ4n) is 3.09. The number of hydrogen-bond acceptors (Lipinski definition) is 8. The minimum atomic E-state index is -0.646. The molecule has 156 valence electrons. The van der Waals surface area contributed by atoms with E-state index in [1.807, 2.05) is 19.9 Å². The Kier molecular flexibility index (Phi) is 7.41. The average Bonchev–Trinajstić information content (AvgIpc) is 2.74. The van der Waals surface area contributed by atoms with Crippen LogP contribution in [0.15, 0.2) is 40.2 Å². The molecule has 1 aliphatic carbocycles. The van der Waals surface area contributed by atoms with Crippen molar-refractivity contribution in [1.82, 2.24) is 0 Å². The highest BCUT2D eigenvalue weighted by atomic mass is 16.5. The van der Waals surface area contributed by atoms with Crippen LogP contribution < -0.4 is 9.47 Å². The zero-order chi connectivity index (χ0) is 21.6. The molecular weight excluding hydrogens is 376 g/mol. The normalized spacial score (nSPS) is 16.3. The number of nitrogens with zero attached hydrogens (tertiary/aromatic N) is 2. The lowest BCUT2D eigenvalue weighted by molar-refractivity contribution is -0.149. The number of allylic oxidation sites excluding steroid dienone is 3. The number of esters is 1. The van der Waals surface area contributed by atoms with E-state index in [1.165, 1.54) is 26.4 Å². The summed E-state index contributed by atoms with van der Waals surface area (Å²) in [7, 11) is 2.94. The Hall–Kier alpha value is -3.29. The number of hydrogen-bond donors (Lipinski definition) is 2. The molecule has 1 aromatic carbocycles. The van der Waals surface area contributed by atoms with Crippen molar-refractivity contribution in [3.8, 4) is 11.5 Å². The maximum atomic E-state index is 12.1. The Morgan fingerprint density at radius 1 is 1.10 bits per heavy atom. The van der Waals surface area contributed by atoms with Crippen LogP contribution in [0.4, 0.5) is 0 Å². The number of ether oxygens (including phenoxy) is 3. The highest BCUT2D eigenvalue weighted by Gasteiger charge is 2.31. The van der Waals surface area contributed by atoms with Crippen molar-refractivity contribution in [3.63, 3.8) is 0 Å². The first kappa shape index (κ1) is 22.0. The number of benzene rings is 1. The molecule has 0 radical (unpaired) electrons. The lowest BCUT2D eigenvalue weighted by atomic mass is 9.88. The third kappa shape index (κ3) is 4.59. The molecule has 0 aliphatic heterocycles. The number of fused-ring (bicyclic) bond motifs is 1. The highest BCUT2D eigenvalue weighted by molar-refractivity contribution is 6.27. The van der Waals surface area contributed by atoms with Gasteiger partial charge in [-0.05, 0) is 32.1 Å². The van der Waals surface area contributed by atoms with Gasteiger partial charge in [0.25, 0.3) is 0 Å². The lowest BCUT2D eigenvalue weighted by Gasteiger charge is -2.25. The quantitative estimate of drug-likeness (QED) is 0.309. The molecule has 0 amide bonds. The molecule has 0 saturated carbocycles.